The lowest BCUT2D eigenvalue weighted by Crippen LogP contribution is -2.38. The molecule has 1 aromatic rings. The average molecular weight is 338 g/mol. The molecule has 2 aliphatic rings. The number of nitrogens with one attached hydrogen (secondary N) is 1. The number of nitrogens with zero attached hydrogens (tertiary/aromatic N) is 1. The van der Waals surface area contributed by atoms with Crippen LogP contribution in [0.1, 0.15) is 49.5 Å². The molecular formula is C21H26N2O2. The maximum Gasteiger partial charge on any atom is 0.159 e. The molecule has 1 aliphatic carbocycles. The summed E-state index contributed by atoms with van der Waals surface area (Å²) >= 11 is 0. The summed E-state index contributed by atoms with van der Waals surface area (Å²) in [5.41, 5.74) is 4.93. The summed E-state index contributed by atoms with van der Waals surface area (Å²) in [5, 5.41) is 3.46. The van der Waals surface area contributed by atoms with Crippen molar-refractivity contribution in [2.24, 2.45) is 0 Å². The minimum Gasteiger partial charge on any atom is -0.362 e. The van der Waals surface area contributed by atoms with Crippen molar-refractivity contribution < 1.29 is 9.59 Å². The SMILES string of the molecule is CCCNCCN1c2ccc(C(C)=O)cc2C2=CC(C(C)=O)=CC[C@@H]21. The van der Waals surface area contributed by atoms with Crippen LogP contribution in [0.15, 0.2) is 35.9 Å². The Labute approximate surface area is 149 Å². The van der Waals surface area contributed by atoms with E-state index in [1.165, 1.54) is 5.57 Å². The molecule has 1 atom stereocenters. The topological polar surface area (TPSA) is 49.4 Å². The first kappa shape index (κ1) is 17.6. The van der Waals surface area contributed by atoms with Gasteiger partial charge in [-0.15, -0.1) is 0 Å². The van der Waals surface area contributed by atoms with Gasteiger partial charge in [-0.05, 0) is 63.1 Å². The van der Waals surface area contributed by atoms with Gasteiger partial charge in [-0.25, -0.2) is 0 Å². The van der Waals surface area contributed by atoms with Crippen LogP contribution >= 0.6 is 0 Å². The van der Waals surface area contributed by atoms with E-state index in [4.69, 9.17) is 0 Å². The molecule has 4 nitrogen and oxygen atoms in total. The minimum atomic E-state index is 0.0705. The average Bonchev–Trinajstić information content (AvgIpc) is 2.91. The summed E-state index contributed by atoms with van der Waals surface area (Å²) in [5.74, 6) is 0.166. The number of carbonyl (C=O) groups is 2. The van der Waals surface area contributed by atoms with Crippen LogP contribution in [0.3, 0.4) is 0 Å². The van der Waals surface area contributed by atoms with Crippen LogP contribution in [0.2, 0.25) is 0 Å². The number of carbonyl (C=O) groups excluding carboxylic acids is 2. The van der Waals surface area contributed by atoms with Gasteiger partial charge in [-0.3, -0.25) is 9.59 Å². The number of Topliss-reactive ketones (excluding diaryl/α,β-unsaturated/α-hetero) is 2. The van der Waals surface area contributed by atoms with E-state index in [1.54, 1.807) is 13.8 Å². The molecule has 0 spiro atoms. The van der Waals surface area contributed by atoms with Gasteiger partial charge in [0.2, 0.25) is 0 Å². The molecule has 0 bridgehead atoms. The van der Waals surface area contributed by atoms with Crippen molar-refractivity contribution in [1.82, 2.24) is 5.32 Å². The zero-order valence-electron chi connectivity index (χ0n) is 15.3. The molecule has 3 rings (SSSR count). The van der Waals surface area contributed by atoms with Crippen molar-refractivity contribution in [3.63, 3.8) is 0 Å². The third-order valence-electron chi connectivity index (χ3n) is 4.99. The molecule has 1 aliphatic heterocycles. The number of anilines is 1. The first-order chi connectivity index (χ1) is 12.0. The predicted octanol–water partition coefficient (Wildman–Crippen LogP) is 3.38. The van der Waals surface area contributed by atoms with E-state index in [2.05, 4.69) is 23.2 Å². The summed E-state index contributed by atoms with van der Waals surface area (Å²) in [6.45, 7) is 8.23. The molecule has 1 aromatic carbocycles. The molecule has 25 heavy (non-hydrogen) atoms. The zero-order valence-corrected chi connectivity index (χ0v) is 15.3. The second-order valence-corrected chi connectivity index (χ2v) is 6.80. The number of rotatable bonds is 7. The maximum atomic E-state index is 11.8. The number of hydrogen-bond acceptors (Lipinski definition) is 4. The molecule has 0 fully saturated rings. The lowest BCUT2D eigenvalue weighted by atomic mass is 9.90. The molecule has 0 aromatic heterocycles. The fraction of sp³-hybridized carbons (Fsp3) is 0.429. The van der Waals surface area contributed by atoms with Crippen LogP contribution in [0.25, 0.3) is 5.57 Å². The molecule has 4 heteroatoms. The van der Waals surface area contributed by atoms with Gasteiger partial charge in [0.05, 0.1) is 6.04 Å². The Hall–Kier alpha value is -2.20. The largest absolute Gasteiger partial charge is 0.362 e. The normalized spacial score (nSPS) is 18.4. The lowest BCUT2D eigenvalue weighted by molar-refractivity contribution is -0.113. The van der Waals surface area contributed by atoms with Crippen molar-refractivity contribution in [3.8, 4) is 0 Å². The number of fused-ring (bicyclic) bond motifs is 3. The van der Waals surface area contributed by atoms with Crippen molar-refractivity contribution in [2.45, 2.75) is 39.7 Å². The van der Waals surface area contributed by atoms with Gasteiger partial charge in [-0.1, -0.05) is 13.0 Å². The Balaban J connectivity index is 1.95. The van der Waals surface area contributed by atoms with Crippen LogP contribution < -0.4 is 10.2 Å². The van der Waals surface area contributed by atoms with Gasteiger partial charge in [0, 0.05) is 35.5 Å². The molecule has 0 saturated carbocycles. The molecule has 0 amide bonds. The van der Waals surface area contributed by atoms with Crippen LogP contribution in [0.4, 0.5) is 5.69 Å². The number of ketones is 2. The van der Waals surface area contributed by atoms with Crippen molar-refractivity contribution in [2.75, 3.05) is 24.5 Å². The van der Waals surface area contributed by atoms with Crippen LogP contribution in [-0.2, 0) is 4.79 Å². The first-order valence-electron chi connectivity index (χ1n) is 9.08. The standard InChI is InChI=1S/C21H26N2O2/c1-4-9-22-10-11-23-20-7-5-16(14(2)24)12-18(20)19-13-17(15(3)25)6-8-21(19)23/h5-7,12-13,21-22H,4,8-11H2,1-3H3/t21-/m0/s1. The number of allylic oxidation sites excluding steroid dienone is 2. The first-order valence-corrected chi connectivity index (χ1v) is 9.08. The second-order valence-electron chi connectivity index (χ2n) is 6.80. The fourth-order valence-electron chi connectivity index (χ4n) is 3.67. The maximum absolute atomic E-state index is 11.8. The van der Waals surface area contributed by atoms with Crippen molar-refractivity contribution in [1.29, 1.82) is 0 Å². The molecule has 132 valence electrons. The highest BCUT2D eigenvalue weighted by Gasteiger charge is 2.35. The Morgan fingerprint density at radius 3 is 2.68 bits per heavy atom. The van der Waals surface area contributed by atoms with Gasteiger partial charge >= 0.3 is 0 Å². The molecule has 1 heterocycles. The van der Waals surface area contributed by atoms with Crippen molar-refractivity contribution >= 4 is 22.8 Å². The monoisotopic (exact) mass is 338 g/mol. The summed E-state index contributed by atoms with van der Waals surface area (Å²) in [6, 6.07) is 6.20. The van der Waals surface area contributed by atoms with Crippen LogP contribution in [-0.4, -0.2) is 37.2 Å². The van der Waals surface area contributed by atoms with E-state index < -0.39 is 0 Å². The number of hydrogen-bond donors (Lipinski definition) is 1. The molecule has 0 unspecified atom stereocenters. The van der Waals surface area contributed by atoms with Gasteiger partial charge in [0.1, 0.15) is 0 Å². The highest BCUT2D eigenvalue weighted by Crippen LogP contribution is 2.44. The summed E-state index contributed by atoms with van der Waals surface area (Å²) < 4.78 is 0. The quantitative estimate of drug-likeness (QED) is 0.612. The van der Waals surface area contributed by atoms with Crippen molar-refractivity contribution in [3.05, 3.63) is 47.1 Å². The van der Waals surface area contributed by atoms with Crippen LogP contribution in [0, 0.1) is 0 Å². The lowest BCUT2D eigenvalue weighted by Gasteiger charge is -2.29. The summed E-state index contributed by atoms with van der Waals surface area (Å²) in [4.78, 5) is 26.0. The van der Waals surface area contributed by atoms with E-state index in [9.17, 15) is 9.59 Å². The Morgan fingerprint density at radius 1 is 1.20 bits per heavy atom. The van der Waals surface area contributed by atoms with E-state index >= 15 is 0 Å². The van der Waals surface area contributed by atoms with Gasteiger partial charge < -0.3 is 10.2 Å². The number of benzene rings is 1. The molecule has 0 saturated heterocycles. The molecule has 0 radical (unpaired) electrons. The van der Waals surface area contributed by atoms with Crippen LogP contribution in [0.5, 0.6) is 0 Å². The van der Waals surface area contributed by atoms with Gasteiger partial charge in [0.15, 0.2) is 11.6 Å². The predicted molar refractivity (Wildman–Crippen MR) is 102 cm³/mol. The van der Waals surface area contributed by atoms with E-state index in [0.717, 1.165) is 54.9 Å². The Kier molecular flexibility index (Phi) is 5.19. The van der Waals surface area contributed by atoms with Gasteiger partial charge in [0.25, 0.3) is 0 Å². The molecule has 1 N–H and O–H groups in total. The highest BCUT2D eigenvalue weighted by molar-refractivity contribution is 6.03. The smallest absolute Gasteiger partial charge is 0.159 e. The zero-order chi connectivity index (χ0) is 18.0. The van der Waals surface area contributed by atoms with E-state index in [1.807, 2.05) is 24.3 Å². The van der Waals surface area contributed by atoms with E-state index in [0.29, 0.717) is 0 Å². The van der Waals surface area contributed by atoms with E-state index in [-0.39, 0.29) is 17.6 Å². The highest BCUT2D eigenvalue weighted by atomic mass is 16.1. The minimum absolute atomic E-state index is 0.0705. The summed E-state index contributed by atoms with van der Waals surface area (Å²) in [6.07, 6.45) is 6.01. The Bertz CT molecular complexity index is 761. The molecular weight excluding hydrogens is 312 g/mol. The third kappa shape index (κ3) is 3.45. The fourth-order valence-corrected chi connectivity index (χ4v) is 3.67. The Morgan fingerprint density at radius 2 is 2.00 bits per heavy atom. The summed E-state index contributed by atoms with van der Waals surface area (Å²) in [7, 11) is 0. The second kappa shape index (κ2) is 7.36. The third-order valence-corrected chi connectivity index (χ3v) is 4.99. The van der Waals surface area contributed by atoms with Gasteiger partial charge in [-0.2, -0.15) is 0 Å².